The molecule has 30 heavy (non-hydrogen) atoms. The zero-order valence-corrected chi connectivity index (χ0v) is 17.5. The first kappa shape index (κ1) is 18.4. The van der Waals surface area contributed by atoms with Crippen molar-refractivity contribution in [1.29, 1.82) is 0 Å². The number of nitrogens with zero attached hydrogens (tertiary/aromatic N) is 4. The van der Waals surface area contributed by atoms with Crippen molar-refractivity contribution in [2.45, 2.75) is 38.0 Å². The number of rotatable bonds is 5. The average molecular weight is 403 g/mol. The van der Waals surface area contributed by atoms with Gasteiger partial charge in [0.1, 0.15) is 0 Å². The average Bonchev–Trinajstić information content (AvgIpc) is 3.46. The van der Waals surface area contributed by atoms with Crippen LogP contribution in [0.4, 0.5) is 5.69 Å². The molecule has 2 atom stereocenters. The summed E-state index contributed by atoms with van der Waals surface area (Å²) in [5.74, 6) is 0.791. The molecule has 4 fully saturated rings. The van der Waals surface area contributed by atoms with Crippen LogP contribution in [0.1, 0.15) is 30.9 Å². The molecule has 0 aliphatic carbocycles. The van der Waals surface area contributed by atoms with E-state index in [4.69, 9.17) is 9.84 Å². The van der Waals surface area contributed by atoms with Crippen LogP contribution in [-0.4, -0.2) is 53.5 Å². The van der Waals surface area contributed by atoms with E-state index in [9.17, 15) is 0 Å². The van der Waals surface area contributed by atoms with E-state index in [0.29, 0.717) is 18.8 Å². The van der Waals surface area contributed by atoms with Gasteiger partial charge in [0.25, 0.3) is 0 Å². The van der Waals surface area contributed by atoms with Crippen molar-refractivity contribution < 1.29 is 4.74 Å². The van der Waals surface area contributed by atoms with E-state index in [2.05, 4.69) is 69.2 Å². The molecule has 5 heteroatoms. The Labute approximate surface area is 178 Å². The van der Waals surface area contributed by atoms with Gasteiger partial charge in [-0.3, -0.25) is 4.68 Å². The maximum absolute atomic E-state index is 6.18. The van der Waals surface area contributed by atoms with Crippen molar-refractivity contribution in [3.63, 3.8) is 0 Å². The molecule has 0 amide bonds. The Hall–Kier alpha value is -2.37. The highest BCUT2D eigenvalue weighted by Gasteiger charge is 2.36. The van der Waals surface area contributed by atoms with Gasteiger partial charge in [-0.05, 0) is 62.0 Å². The number of benzene rings is 2. The number of hydrogen-bond acceptors (Lipinski definition) is 4. The largest absolute Gasteiger partial charge is 0.372 e. The molecule has 0 N–H and O–H groups in total. The van der Waals surface area contributed by atoms with Gasteiger partial charge in [-0.2, -0.15) is 5.10 Å². The van der Waals surface area contributed by atoms with Gasteiger partial charge in [-0.15, -0.1) is 0 Å². The van der Waals surface area contributed by atoms with Crippen LogP contribution in [0.5, 0.6) is 0 Å². The monoisotopic (exact) mass is 402 g/mol. The molecule has 5 nitrogen and oxygen atoms in total. The minimum Gasteiger partial charge on any atom is -0.372 e. The Morgan fingerprint density at radius 2 is 1.80 bits per heavy atom. The molecule has 4 saturated heterocycles. The maximum Gasteiger partial charge on any atom is 0.0771 e. The van der Waals surface area contributed by atoms with Crippen molar-refractivity contribution in [3.05, 3.63) is 60.3 Å². The van der Waals surface area contributed by atoms with E-state index < -0.39 is 0 Å². The molecule has 2 aromatic carbocycles. The summed E-state index contributed by atoms with van der Waals surface area (Å²) in [6.07, 6.45) is 6.10. The predicted molar refractivity (Wildman–Crippen MR) is 120 cm³/mol. The standard InChI is InChI=1S/C25H30N4O/c1-2-4-19(5-3-1)18-30-23-10-13-28(16-23)22-6-7-24-21(14-22)15-26-29(24)25-17-27-11-8-20(25)9-12-27/h1-7,14-15,20,23,25H,8-13,16-18H2/t23?,25-/m1/s1. The molecular weight excluding hydrogens is 372 g/mol. The highest BCUT2D eigenvalue weighted by atomic mass is 16.5. The van der Waals surface area contributed by atoms with Crippen molar-refractivity contribution in [1.82, 2.24) is 14.7 Å². The van der Waals surface area contributed by atoms with Crippen molar-refractivity contribution >= 4 is 16.6 Å². The molecule has 5 heterocycles. The Balaban J connectivity index is 1.15. The molecule has 0 spiro atoms. The number of fused-ring (bicyclic) bond motifs is 4. The number of piperidine rings is 3. The molecule has 1 unspecified atom stereocenters. The summed E-state index contributed by atoms with van der Waals surface area (Å²) >= 11 is 0. The van der Waals surface area contributed by atoms with Crippen LogP contribution in [0.2, 0.25) is 0 Å². The van der Waals surface area contributed by atoms with Gasteiger partial charge in [-0.1, -0.05) is 30.3 Å². The summed E-state index contributed by atoms with van der Waals surface area (Å²) < 4.78 is 8.49. The quantitative estimate of drug-likeness (QED) is 0.643. The Kier molecular flexibility index (Phi) is 4.73. The number of hydrogen-bond donors (Lipinski definition) is 0. The van der Waals surface area contributed by atoms with E-state index in [-0.39, 0.29) is 0 Å². The van der Waals surface area contributed by atoms with Gasteiger partial charge in [0.05, 0.1) is 30.5 Å². The van der Waals surface area contributed by atoms with Gasteiger partial charge < -0.3 is 14.5 Å². The third kappa shape index (κ3) is 3.40. The molecular formula is C25H30N4O. The summed E-state index contributed by atoms with van der Waals surface area (Å²) in [5, 5.41) is 6.09. The molecule has 7 rings (SSSR count). The number of anilines is 1. The molecule has 3 aromatic rings. The first-order valence-electron chi connectivity index (χ1n) is 11.4. The second-order valence-electron chi connectivity index (χ2n) is 9.19. The molecule has 4 aliphatic rings. The van der Waals surface area contributed by atoms with Gasteiger partial charge in [-0.25, -0.2) is 0 Å². The summed E-state index contributed by atoms with van der Waals surface area (Å²) in [7, 11) is 0. The maximum atomic E-state index is 6.18. The molecule has 2 bridgehead atoms. The van der Waals surface area contributed by atoms with E-state index in [1.165, 1.54) is 48.1 Å². The molecule has 4 aliphatic heterocycles. The molecule has 0 saturated carbocycles. The minimum absolute atomic E-state index is 0.301. The van der Waals surface area contributed by atoms with Crippen LogP contribution >= 0.6 is 0 Å². The molecule has 1 aromatic heterocycles. The SMILES string of the molecule is c1ccc(COC2CCN(c3ccc4c(cnn4[C@@H]4CN5CCC4CC5)c3)C2)cc1. The van der Waals surface area contributed by atoms with Crippen LogP contribution in [0.3, 0.4) is 0 Å². The summed E-state index contributed by atoms with van der Waals surface area (Å²) in [5.41, 5.74) is 3.83. The number of aromatic nitrogens is 2. The lowest BCUT2D eigenvalue weighted by Gasteiger charge is -2.44. The highest BCUT2D eigenvalue weighted by Crippen LogP contribution is 2.37. The normalized spacial score (nSPS) is 28.5. The highest BCUT2D eigenvalue weighted by molar-refractivity contribution is 5.83. The zero-order chi connectivity index (χ0) is 19.9. The van der Waals surface area contributed by atoms with Crippen LogP contribution in [0.15, 0.2) is 54.7 Å². The lowest BCUT2D eigenvalue weighted by Crippen LogP contribution is -2.48. The molecule has 0 radical (unpaired) electrons. The third-order valence-electron chi connectivity index (χ3n) is 7.35. The Bertz CT molecular complexity index is 1010. The van der Waals surface area contributed by atoms with Gasteiger partial charge >= 0.3 is 0 Å². The molecule has 156 valence electrons. The first-order chi connectivity index (χ1) is 14.8. The summed E-state index contributed by atoms with van der Waals surface area (Å²) in [6.45, 7) is 6.42. The van der Waals surface area contributed by atoms with E-state index in [0.717, 1.165) is 32.0 Å². The third-order valence-corrected chi connectivity index (χ3v) is 7.35. The van der Waals surface area contributed by atoms with Gasteiger partial charge in [0, 0.05) is 30.7 Å². The van der Waals surface area contributed by atoms with Gasteiger partial charge in [0.2, 0.25) is 0 Å². The van der Waals surface area contributed by atoms with Crippen LogP contribution in [-0.2, 0) is 11.3 Å². The van der Waals surface area contributed by atoms with E-state index in [1.54, 1.807) is 0 Å². The van der Waals surface area contributed by atoms with Gasteiger partial charge in [0.15, 0.2) is 0 Å². The summed E-state index contributed by atoms with van der Waals surface area (Å²) in [6, 6.07) is 17.9. The fraction of sp³-hybridized carbons (Fsp3) is 0.480. The second-order valence-corrected chi connectivity index (χ2v) is 9.19. The van der Waals surface area contributed by atoms with Crippen LogP contribution in [0.25, 0.3) is 10.9 Å². The predicted octanol–water partition coefficient (Wildman–Crippen LogP) is 4.10. The van der Waals surface area contributed by atoms with Crippen molar-refractivity contribution in [3.8, 4) is 0 Å². The smallest absolute Gasteiger partial charge is 0.0771 e. The fourth-order valence-electron chi connectivity index (χ4n) is 5.60. The Morgan fingerprint density at radius 1 is 0.933 bits per heavy atom. The summed E-state index contributed by atoms with van der Waals surface area (Å²) in [4.78, 5) is 5.06. The minimum atomic E-state index is 0.301. The lowest BCUT2D eigenvalue weighted by molar-refractivity contribution is 0.0534. The van der Waals surface area contributed by atoms with Crippen molar-refractivity contribution in [2.24, 2.45) is 5.92 Å². The topological polar surface area (TPSA) is 33.5 Å². The van der Waals surface area contributed by atoms with Crippen LogP contribution < -0.4 is 4.90 Å². The van der Waals surface area contributed by atoms with E-state index >= 15 is 0 Å². The first-order valence-corrected chi connectivity index (χ1v) is 11.4. The van der Waals surface area contributed by atoms with Crippen LogP contribution in [0, 0.1) is 5.92 Å². The lowest BCUT2D eigenvalue weighted by atomic mass is 9.84. The second kappa shape index (κ2) is 7.71. The zero-order valence-electron chi connectivity index (χ0n) is 17.5. The van der Waals surface area contributed by atoms with Crippen molar-refractivity contribution in [2.75, 3.05) is 37.6 Å². The number of ether oxygens (including phenoxy) is 1. The van der Waals surface area contributed by atoms with E-state index in [1.807, 2.05) is 0 Å². The Morgan fingerprint density at radius 3 is 2.60 bits per heavy atom. The fourth-order valence-corrected chi connectivity index (χ4v) is 5.60.